The van der Waals surface area contributed by atoms with Crippen LogP contribution in [0.5, 0.6) is 0 Å². The third-order valence-electron chi connectivity index (χ3n) is 6.22. The Bertz CT molecular complexity index is 859. The van der Waals surface area contributed by atoms with Crippen LogP contribution in [0.4, 0.5) is 0 Å². The van der Waals surface area contributed by atoms with E-state index in [1.54, 1.807) is 6.20 Å². The Kier molecular flexibility index (Phi) is 3.60. The summed E-state index contributed by atoms with van der Waals surface area (Å²) in [6.45, 7) is 3.92. The Morgan fingerprint density at radius 3 is 2.88 bits per heavy atom. The normalized spacial score (nSPS) is 28.0. The van der Waals surface area contributed by atoms with Gasteiger partial charge in [-0.2, -0.15) is 0 Å². The molecule has 2 fully saturated rings. The van der Waals surface area contributed by atoms with Crippen molar-refractivity contribution in [3.05, 3.63) is 35.8 Å². The minimum absolute atomic E-state index is 0.0207. The molecule has 25 heavy (non-hydrogen) atoms. The van der Waals surface area contributed by atoms with Gasteiger partial charge in [0.2, 0.25) is 5.91 Å². The predicted molar refractivity (Wildman–Crippen MR) is 92.3 cm³/mol. The Balaban J connectivity index is 1.62. The zero-order valence-corrected chi connectivity index (χ0v) is 14.6. The molecule has 2 saturated heterocycles. The molecule has 0 aromatic carbocycles. The van der Waals surface area contributed by atoms with Gasteiger partial charge in [-0.1, -0.05) is 13.0 Å². The van der Waals surface area contributed by atoms with E-state index in [0.29, 0.717) is 12.8 Å². The van der Waals surface area contributed by atoms with Crippen LogP contribution in [0.3, 0.4) is 0 Å². The molecule has 2 aliphatic rings. The van der Waals surface area contributed by atoms with E-state index in [-0.39, 0.29) is 24.4 Å². The van der Waals surface area contributed by atoms with Gasteiger partial charge in [0.15, 0.2) is 0 Å². The molecule has 4 rings (SSSR count). The van der Waals surface area contributed by atoms with Gasteiger partial charge in [-0.15, -0.1) is 0 Å². The lowest BCUT2D eigenvalue weighted by Gasteiger charge is -2.32. The lowest BCUT2D eigenvalue weighted by molar-refractivity contribution is -0.151. The fraction of sp³-hybridized carbons (Fsp3) is 0.526. The third-order valence-corrected chi connectivity index (χ3v) is 6.22. The van der Waals surface area contributed by atoms with Crippen LogP contribution in [0.25, 0.3) is 5.65 Å². The monoisotopic (exact) mass is 341 g/mol. The summed E-state index contributed by atoms with van der Waals surface area (Å²) in [5.41, 5.74) is 2.02. The van der Waals surface area contributed by atoms with E-state index < -0.39 is 11.4 Å². The molecule has 2 aromatic heterocycles. The second kappa shape index (κ2) is 5.58. The summed E-state index contributed by atoms with van der Waals surface area (Å²) in [5, 5.41) is 9.76. The summed E-state index contributed by atoms with van der Waals surface area (Å²) in [6, 6.07) is 3.84. The van der Waals surface area contributed by atoms with Crippen molar-refractivity contribution in [1.82, 2.24) is 14.3 Å². The average molecular weight is 341 g/mol. The van der Waals surface area contributed by atoms with Crippen LogP contribution in [0, 0.1) is 12.3 Å². The summed E-state index contributed by atoms with van der Waals surface area (Å²) in [6.07, 6.45) is 6.80. The van der Waals surface area contributed by atoms with E-state index in [1.807, 2.05) is 41.5 Å². The first-order valence-corrected chi connectivity index (χ1v) is 8.94. The fourth-order valence-electron chi connectivity index (χ4n) is 4.90. The van der Waals surface area contributed by atoms with E-state index >= 15 is 0 Å². The van der Waals surface area contributed by atoms with Crippen molar-refractivity contribution >= 4 is 17.5 Å². The smallest absolute Gasteiger partial charge is 0.311 e. The zero-order valence-electron chi connectivity index (χ0n) is 14.6. The van der Waals surface area contributed by atoms with E-state index in [0.717, 1.165) is 29.7 Å². The molecular formula is C19H23N3O3. The van der Waals surface area contributed by atoms with Crippen molar-refractivity contribution in [2.75, 3.05) is 0 Å². The van der Waals surface area contributed by atoms with E-state index in [9.17, 15) is 14.7 Å². The van der Waals surface area contributed by atoms with Gasteiger partial charge in [-0.25, -0.2) is 4.98 Å². The highest BCUT2D eigenvalue weighted by molar-refractivity contribution is 5.84. The maximum atomic E-state index is 13.0. The van der Waals surface area contributed by atoms with Gasteiger partial charge < -0.3 is 14.4 Å². The molecule has 2 aliphatic heterocycles. The predicted octanol–water partition coefficient (Wildman–Crippen LogP) is 2.43. The van der Waals surface area contributed by atoms with E-state index in [2.05, 4.69) is 4.98 Å². The molecule has 2 bridgehead atoms. The van der Waals surface area contributed by atoms with Crippen LogP contribution >= 0.6 is 0 Å². The third kappa shape index (κ3) is 2.19. The van der Waals surface area contributed by atoms with Gasteiger partial charge in [0, 0.05) is 24.5 Å². The van der Waals surface area contributed by atoms with Crippen LogP contribution < -0.4 is 0 Å². The first-order valence-electron chi connectivity index (χ1n) is 8.94. The van der Waals surface area contributed by atoms with Crippen molar-refractivity contribution < 1.29 is 14.7 Å². The standard InChI is InChI=1S/C19H23N3O3/c1-3-19(18(24)25)10-13-6-7-15(19)22(13)16(23)9-14-11-20-17-12(2)5-4-8-21(14)17/h4-5,8,11,13,15H,3,6-7,9-10H2,1-2H3,(H,24,25)/t13-,15+,19+/m0/s1. The van der Waals surface area contributed by atoms with Crippen molar-refractivity contribution in [2.45, 2.75) is 58.0 Å². The van der Waals surface area contributed by atoms with Gasteiger partial charge in [-0.3, -0.25) is 9.59 Å². The molecule has 0 radical (unpaired) electrons. The van der Waals surface area contributed by atoms with Crippen LogP contribution in [0.2, 0.25) is 0 Å². The summed E-state index contributed by atoms with van der Waals surface area (Å²) in [7, 11) is 0. The summed E-state index contributed by atoms with van der Waals surface area (Å²) < 4.78 is 1.95. The number of carboxylic acids is 1. The van der Waals surface area contributed by atoms with Crippen molar-refractivity contribution in [3.63, 3.8) is 0 Å². The molecule has 0 unspecified atom stereocenters. The van der Waals surface area contributed by atoms with Gasteiger partial charge in [-0.05, 0) is 44.2 Å². The SMILES string of the molecule is CC[C@@]1(C(=O)O)C[C@@H]2CC[C@H]1N2C(=O)Cc1cnc2c(C)cccn12. The molecule has 6 heteroatoms. The molecule has 0 saturated carbocycles. The number of imidazole rings is 1. The molecule has 1 N–H and O–H groups in total. The second-order valence-corrected chi connectivity index (χ2v) is 7.38. The highest BCUT2D eigenvalue weighted by Crippen LogP contribution is 2.52. The topological polar surface area (TPSA) is 74.9 Å². The van der Waals surface area contributed by atoms with E-state index in [1.165, 1.54) is 0 Å². The lowest BCUT2D eigenvalue weighted by atomic mass is 9.72. The molecule has 132 valence electrons. The Morgan fingerprint density at radius 2 is 2.20 bits per heavy atom. The quantitative estimate of drug-likeness (QED) is 0.927. The number of amides is 1. The van der Waals surface area contributed by atoms with Crippen LogP contribution in [-0.4, -0.2) is 43.4 Å². The lowest BCUT2D eigenvalue weighted by Crippen LogP contribution is -2.45. The zero-order chi connectivity index (χ0) is 17.8. The second-order valence-electron chi connectivity index (χ2n) is 7.38. The maximum absolute atomic E-state index is 13.0. The van der Waals surface area contributed by atoms with Gasteiger partial charge in [0.25, 0.3) is 0 Å². The minimum Gasteiger partial charge on any atom is -0.481 e. The number of aromatic nitrogens is 2. The van der Waals surface area contributed by atoms with Crippen molar-refractivity contribution in [2.24, 2.45) is 5.41 Å². The first kappa shape index (κ1) is 16.1. The number of nitrogens with zero attached hydrogens (tertiary/aromatic N) is 3. The number of rotatable bonds is 4. The van der Waals surface area contributed by atoms with Gasteiger partial charge in [0.1, 0.15) is 5.65 Å². The molecule has 4 heterocycles. The van der Waals surface area contributed by atoms with Gasteiger partial charge >= 0.3 is 5.97 Å². The fourth-order valence-corrected chi connectivity index (χ4v) is 4.90. The van der Waals surface area contributed by atoms with Crippen LogP contribution in [-0.2, 0) is 16.0 Å². The number of hydrogen-bond donors (Lipinski definition) is 1. The van der Waals surface area contributed by atoms with Crippen LogP contribution in [0.1, 0.15) is 43.9 Å². The minimum atomic E-state index is -0.769. The summed E-state index contributed by atoms with van der Waals surface area (Å²) in [5.74, 6) is -0.738. The maximum Gasteiger partial charge on any atom is 0.311 e. The molecule has 6 nitrogen and oxygen atoms in total. The molecule has 0 aliphatic carbocycles. The van der Waals surface area contributed by atoms with Crippen molar-refractivity contribution in [3.8, 4) is 0 Å². The summed E-state index contributed by atoms with van der Waals surface area (Å²) in [4.78, 5) is 31.2. The number of fused-ring (bicyclic) bond motifs is 3. The van der Waals surface area contributed by atoms with Crippen molar-refractivity contribution in [1.29, 1.82) is 0 Å². The molecular weight excluding hydrogens is 318 g/mol. The molecule has 1 amide bonds. The Hall–Kier alpha value is -2.37. The molecule has 0 spiro atoms. The largest absolute Gasteiger partial charge is 0.481 e. The number of aliphatic carboxylic acids is 1. The number of carbonyl (C=O) groups excluding carboxylic acids is 1. The summed E-state index contributed by atoms with van der Waals surface area (Å²) >= 11 is 0. The average Bonchev–Trinajstić information content (AvgIpc) is 3.27. The number of hydrogen-bond acceptors (Lipinski definition) is 3. The van der Waals surface area contributed by atoms with E-state index in [4.69, 9.17) is 0 Å². The van der Waals surface area contributed by atoms with Crippen LogP contribution in [0.15, 0.2) is 24.5 Å². The number of carbonyl (C=O) groups is 2. The number of aryl methyl sites for hydroxylation is 1. The van der Waals surface area contributed by atoms with Gasteiger partial charge in [0.05, 0.1) is 17.5 Å². The first-order chi connectivity index (χ1) is 12.0. The number of pyridine rings is 1. The molecule has 2 aromatic rings. The Morgan fingerprint density at radius 1 is 1.40 bits per heavy atom. The highest BCUT2D eigenvalue weighted by atomic mass is 16.4. The highest BCUT2D eigenvalue weighted by Gasteiger charge is 2.60. The Labute approximate surface area is 146 Å². The molecule has 3 atom stereocenters. The number of carboxylic acid groups (broad SMARTS) is 1.